The zero-order valence-corrected chi connectivity index (χ0v) is 16.0. The highest BCUT2D eigenvalue weighted by Gasteiger charge is 2.15. The van der Waals surface area contributed by atoms with Crippen LogP contribution in [0.5, 0.6) is 0 Å². The molecule has 1 amide bonds. The Morgan fingerprint density at radius 1 is 1.07 bits per heavy atom. The predicted molar refractivity (Wildman–Crippen MR) is 106 cm³/mol. The van der Waals surface area contributed by atoms with E-state index >= 15 is 0 Å². The molecule has 1 atom stereocenters. The zero-order chi connectivity index (χ0) is 19.4. The van der Waals surface area contributed by atoms with Crippen molar-refractivity contribution in [1.82, 2.24) is 0 Å². The van der Waals surface area contributed by atoms with Gasteiger partial charge in [-0.05, 0) is 49.4 Å². The lowest BCUT2D eigenvalue weighted by atomic mass is 10.2. The summed E-state index contributed by atoms with van der Waals surface area (Å²) in [5.41, 5.74) is 2.07. The Kier molecular flexibility index (Phi) is 5.70. The molecule has 3 aromatic rings. The molecule has 27 heavy (non-hydrogen) atoms. The van der Waals surface area contributed by atoms with E-state index in [1.54, 1.807) is 48.5 Å². The van der Waals surface area contributed by atoms with Crippen LogP contribution in [-0.2, 0) is 10.8 Å². The molecular formula is C21H15ClN2O2S. The number of nitriles is 1. The average Bonchev–Trinajstić information content (AvgIpc) is 2.68. The number of hydrogen-bond acceptors (Lipinski definition) is 3. The largest absolute Gasteiger partial charge is 0.322 e. The van der Waals surface area contributed by atoms with Gasteiger partial charge in [-0.15, -0.1) is 0 Å². The Morgan fingerprint density at radius 3 is 2.44 bits per heavy atom. The van der Waals surface area contributed by atoms with Gasteiger partial charge in [0.1, 0.15) is 6.07 Å². The third kappa shape index (κ3) is 4.25. The first kappa shape index (κ1) is 18.8. The van der Waals surface area contributed by atoms with Crippen molar-refractivity contribution < 1.29 is 9.00 Å². The second-order valence-corrected chi connectivity index (χ2v) is 7.69. The molecule has 0 aliphatic rings. The first-order chi connectivity index (χ1) is 13.0. The SMILES string of the molecule is Cc1ccc([S@@](=O)c2ccc(NC(=O)c3ccccc3Cl)cc2C#N)cc1. The van der Waals surface area contributed by atoms with Crippen molar-refractivity contribution in [3.05, 3.63) is 88.4 Å². The van der Waals surface area contributed by atoms with Gasteiger partial charge in [-0.2, -0.15) is 5.26 Å². The Bertz CT molecular complexity index is 1070. The number of nitrogens with one attached hydrogen (secondary N) is 1. The van der Waals surface area contributed by atoms with Gasteiger partial charge in [-0.25, -0.2) is 4.21 Å². The van der Waals surface area contributed by atoms with Crippen LogP contribution in [0.4, 0.5) is 5.69 Å². The molecule has 3 aromatic carbocycles. The Balaban J connectivity index is 1.87. The summed E-state index contributed by atoms with van der Waals surface area (Å²) in [6.45, 7) is 1.95. The average molecular weight is 395 g/mol. The van der Waals surface area contributed by atoms with Crippen LogP contribution in [-0.4, -0.2) is 10.1 Å². The van der Waals surface area contributed by atoms with E-state index in [1.807, 2.05) is 19.1 Å². The summed E-state index contributed by atoms with van der Waals surface area (Å²) < 4.78 is 12.8. The summed E-state index contributed by atoms with van der Waals surface area (Å²) in [7, 11) is -1.48. The number of carbonyl (C=O) groups excluding carboxylic acids is 1. The standard InChI is InChI=1S/C21H15ClN2O2S/c1-14-6-9-17(10-7-14)27(26)20-11-8-16(12-15(20)13-23)24-21(25)18-4-2-3-5-19(18)22/h2-12H,1H3,(H,24,25)/t27-/m1/s1. The summed E-state index contributed by atoms with van der Waals surface area (Å²) in [6, 6.07) is 20.8. The molecule has 1 N–H and O–H groups in total. The summed E-state index contributed by atoms with van der Waals surface area (Å²) in [4.78, 5) is 13.4. The molecule has 4 nitrogen and oxygen atoms in total. The number of anilines is 1. The van der Waals surface area contributed by atoms with Crippen molar-refractivity contribution in [2.45, 2.75) is 16.7 Å². The number of nitrogens with zero attached hydrogens (tertiary/aromatic N) is 1. The monoisotopic (exact) mass is 394 g/mol. The number of halogens is 1. The topological polar surface area (TPSA) is 70.0 Å². The molecule has 0 spiro atoms. The number of rotatable bonds is 4. The van der Waals surface area contributed by atoms with Gasteiger partial charge in [0, 0.05) is 10.6 Å². The maximum Gasteiger partial charge on any atom is 0.257 e. The molecular weight excluding hydrogens is 380 g/mol. The predicted octanol–water partition coefficient (Wildman–Crippen LogP) is 4.94. The third-order valence-corrected chi connectivity index (χ3v) is 5.70. The molecule has 0 saturated carbocycles. The van der Waals surface area contributed by atoms with Gasteiger partial charge >= 0.3 is 0 Å². The molecule has 0 fully saturated rings. The molecule has 3 rings (SSSR count). The Hall–Kier alpha value is -2.94. The summed E-state index contributed by atoms with van der Waals surface area (Å²) >= 11 is 6.04. The number of benzene rings is 3. The van der Waals surface area contributed by atoms with Gasteiger partial charge in [0.2, 0.25) is 0 Å². The van der Waals surface area contributed by atoms with Crippen LogP contribution in [0, 0.1) is 18.3 Å². The lowest BCUT2D eigenvalue weighted by Crippen LogP contribution is -2.12. The number of amides is 1. The summed E-state index contributed by atoms with van der Waals surface area (Å²) in [5, 5.41) is 12.5. The van der Waals surface area contributed by atoms with Crippen molar-refractivity contribution in [1.29, 1.82) is 5.26 Å². The first-order valence-electron chi connectivity index (χ1n) is 8.08. The van der Waals surface area contributed by atoms with Crippen molar-refractivity contribution in [2.24, 2.45) is 0 Å². The van der Waals surface area contributed by atoms with Gasteiger partial charge in [0.15, 0.2) is 0 Å². The minimum Gasteiger partial charge on any atom is -0.322 e. The van der Waals surface area contributed by atoms with Crippen molar-refractivity contribution in [2.75, 3.05) is 5.32 Å². The molecule has 6 heteroatoms. The molecule has 0 bridgehead atoms. The Labute approximate surface area is 164 Å². The van der Waals surface area contributed by atoms with Crippen molar-refractivity contribution >= 4 is 34.0 Å². The van der Waals surface area contributed by atoms with Crippen LogP contribution in [0.3, 0.4) is 0 Å². The van der Waals surface area contributed by atoms with Crippen LogP contribution in [0.1, 0.15) is 21.5 Å². The highest BCUT2D eigenvalue weighted by atomic mass is 35.5. The van der Waals surface area contributed by atoms with E-state index in [4.69, 9.17) is 11.6 Å². The summed E-state index contributed by atoms with van der Waals surface area (Å²) in [5.74, 6) is -0.378. The van der Waals surface area contributed by atoms with Crippen LogP contribution in [0.25, 0.3) is 0 Å². The van der Waals surface area contributed by atoms with Gasteiger partial charge in [-0.1, -0.05) is 41.4 Å². The van der Waals surface area contributed by atoms with E-state index in [2.05, 4.69) is 11.4 Å². The molecule has 134 valence electrons. The molecule has 0 saturated heterocycles. The second kappa shape index (κ2) is 8.17. The Morgan fingerprint density at radius 2 is 1.78 bits per heavy atom. The van der Waals surface area contributed by atoms with Crippen LogP contribution >= 0.6 is 11.6 Å². The molecule has 0 heterocycles. The van der Waals surface area contributed by atoms with Crippen LogP contribution < -0.4 is 5.32 Å². The van der Waals surface area contributed by atoms with E-state index in [1.165, 1.54) is 6.07 Å². The van der Waals surface area contributed by atoms with E-state index in [9.17, 15) is 14.3 Å². The van der Waals surface area contributed by atoms with E-state index in [0.29, 0.717) is 26.1 Å². The quantitative estimate of drug-likeness (QED) is 0.681. The third-order valence-electron chi connectivity index (χ3n) is 3.91. The summed E-state index contributed by atoms with van der Waals surface area (Å²) in [6.07, 6.45) is 0. The molecule has 0 radical (unpaired) electrons. The zero-order valence-electron chi connectivity index (χ0n) is 14.4. The normalized spacial score (nSPS) is 11.4. The van der Waals surface area contributed by atoms with Gasteiger partial charge in [0.05, 0.1) is 31.8 Å². The maximum atomic E-state index is 12.8. The minimum atomic E-state index is -1.48. The molecule has 0 aliphatic heterocycles. The highest BCUT2D eigenvalue weighted by molar-refractivity contribution is 7.85. The second-order valence-electron chi connectivity index (χ2n) is 5.84. The van der Waals surface area contributed by atoms with Gasteiger partial charge in [0.25, 0.3) is 5.91 Å². The minimum absolute atomic E-state index is 0.242. The van der Waals surface area contributed by atoms with Gasteiger partial charge in [-0.3, -0.25) is 4.79 Å². The fourth-order valence-corrected chi connectivity index (χ4v) is 3.84. The fraction of sp³-hybridized carbons (Fsp3) is 0.0476. The van der Waals surface area contributed by atoms with Crippen molar-refractivity contribution in [3.8, 4) is 6.07 Å². The molecule has 0 aliphatic carbocycles. The lowest BCUT2D eigenvalue weighted by molar-refractivity contribution is 0.102. The van der Waals surface area contributed by atoms with Gasteiger partial charge < -0.3 is 5.32 Å². The van der Waals surface area contributed by atoms with E-state index in [-0.39, 0.29) is 11.5 Å². The number of aryl methyl sites for hydroxylation is 1. The van der Waals surface area contributed by atoms with Crippen LogP contribution in [0.2, 0.25) is 5.02 Å². The smallest absolute Gasteiger partial charge is 0.257 e. The molecule has 0 aromatic heterocycles. The highest BCUT2D eigenvalue weighted by Crippen LogP contribution is 2.24. The van der Waals surface area contributed by atoms with Crippen molar-refractivity contribution in [3.63, 3.8) is 0 Å². The molecule has 0 unspecified atom stereocenters. The van der Waals surface area contributed by atoms with E-state index in [0.717, 1.165) is 5.56 Å². The fourth-order valence-electron chi connectivity index (χ4n) is 2.49. The van der Waals surface area contributed by atoms with Crippen LogP contribution in [0.15, 0.2) is 76.5 Å². The lowest BCUT2D eigenvalue weighted by Gasteiger charge is -2.10. The first-order valence-corrected chi connectivity index (χ1v) is 9.61. The van der Waals surface area contributed by atoms with E-state index < -0.39 is 10.8 Å². The number of hydrogen-bond donors (Lipinski definition) is 1. The number of carbonyl (C=O) groups is 1. The maximum absolute atomic E-state index is 12.8.